The third-order valence-electron chi connectivity index (χ3n) is 14.4. The van der Waals surface area contributed by atoms with Gasteiger partial charge in [0.15, 0.2) is 0 Å². The number of carbonyl (C=O) groups excluding carboxylic acids is 4. The van der Waals surface area contributed by atoms with Gasteiger partial charge in [-0.1, -0.05) is 62.4 Å². The van der Waals surface area contributed by atoms with Crippen LogP contribution in [0.5, 0.6) is 0 Å². The number of imidazole rings is 2. The summed E-state index contributed by atoms with van der Waals surface area (Å²) in [5.41, 5.74) is 5.03. The third-order valence-corrected chi connectivity index (χ3v) is 14.4. The Morgan fingerprint density at radius 2 is 1.36 bits per heavy atom. The second kappa shape index (κ2) is 16.7. The smallest absolute Gasteiger partial charge is 0.407 e. The highest BCUT2D eigenvalue weighted by Gasteiger charge is 2.56. The molecule has 4 fully saturated rings. The van der Waals surface area contributed by atoms with Gasteiger partial charge >= 0.3 is 12.2 Å². The van der Waals surface area contributed by atoms with Gasteiger partial charge in [-0.05, 0) is 109 Å². The highest BCUT2D eigenvalue weighted by Crippen LogP contribution is 2.58. The average molecular weight is 871 g/mol. The Morgan fingerprint density at radius 1 is 0.766 bits per heavy atom. The van der Waals surface area contributed by atoms with E-state index in [2.05, 4.69) is 81.3 Å². The van der Waals surface area contributed by atoms with E-state index in [-0.39, 0.29) is 47.2 Å². The van der Waals surface area contributed by atoms with E-state index in [9.17, 15) is 19.2 Å². The fraction of sp³-hybridized carbons (Fsp3) is 0.469. The fourth-order valence-electron chi connectivity index (χ4n) is 10.3. The number of likely N-dealkylation sites (tertiary alicyclic amines) is 2. The van der Waals surface area contributed by atoms with Gasteiger partial charge in [-0.15, -0.1) is 0 Å². The molecule has 1 spiro atoms. The molecule has 4 heterocycles. The summed E-state index contributed by atoms with van der Waals surface area (Å²) < 4.78 is 15.4. The van der Waals surface area contributed by atoms with E-state index in [1.54, 1.807) is 13.8 Å². The normalized spacial score (nSPS) is 21.9. The van der Waals surface area contributed by atoms with Gasteiger partial charge < -0.3 is 44.6 Å². The largest absolute Gasteiger partial charge is 0.453 e. The van der Waals surface area contributed by atoms with Crippen molar-refractivity contribution in [3.63, 3.8) is 0 Å². The molecule has 2 aliphatic heterocycles. The second-order valence-corrected chi connectivity index (χ2v) is 19.1. The van der Waals surface area contributed by atoms with Gasteiger partial charge in [-0.3, -0.25) is 9.59 Å². The molecule has 2 aliphatic carbocycles. The summed E-state index contributed by atoms with van der Waals surface area (Å²) in [6.07, 6.45) is 8.19. The number of piperidine rings is 1. The molecule has 15 nitrogen and oxygen atoms in total. The minimum absolute atomic E-state index is 0.0566. The Balaban J connectivity index is 0.897. The number of ether oxygens (including phenoxy) is 3. The molecule has 9 rings (SSSR count). The number of benzene rings is 3. The third kappa shape index (κ3) is 7.99. The van der Waals surface area contributed by atoms with Crippen molar-refractivity contribution in [2.75, 3.05) is 27.9 Å². The van der Waals surface area contributed by atoms with Crippen LogP contribution in [0.15, 0.2) is 73.1 Å². The van der Waals surface area contributed by atoms with Crippen LogP contribution in [0, 0.1) is 17.3 Å². The summed E-state index contributed by atoms with van der Waals surface area (Å²) >= 11 is 0. The lowest BCUT2D eigenvalue weighted by Gasteiger charge is -2.40. The first-order chi connectivity index (χ1) is 30.7. The highest BCUT2D eigenvalue weighted by atomic mass is 16.5. The SMILES string of the molecule is COC(=O)NC(C(=O)N1CC2(CC2)C[C@H]1c1ncc(-c2ccc3cc(-c4ccc(-c5cnc([C@@H]6[C@H]7CC[C@H](C7)N6C(=O)[C@@H](NC(=O)OC)C(C)(C)OC)[nH]5)cc4)ccc3c2)[nH]1)C(C)C. The summed E-state index contributed by atoms with van der Waals surface area (Å²) in [5.74, 6) is 1.32. The number of fused-ring (bicyclic) bond motifs is 3. The van der Waals surface area contributed by atoms with Crippen LogP contribution in [0.1, 0.15) is 90.0 Å². The predicted octanol–water partition coefficient (Wildman–Crippen LogP) is 7.92. The molecule has 0 radical (unpaired) electrons. The van der Waals surface area contributed by atoms with Gasteiger partial charge in [0.2, 0.25) is 11.8 Å². The molecular formula is C49H58N8O7. The number of methoxy groups -OCH3 is 3. The number of nitrogens with zero attached hydrogens (tertiary/aromatic N) is 4. The van der Waals surface area contributed by atoms with E-state index in [0.717, 1.165) is 94.6 Å². The molecule has 4 amide bonds. The Hall–Kier alpha value is -6.22. The van der Waals surface area contributed by atoms with Crippen LogP contribution < -0.4 is 10.6 Å². The van der Waals surface area contributed by atoms with E-state index in [1.807, 2.05) is 36.0 Å². The number of alkyl carbamates (subject to hydrolysis) is 2. The summed E-state index contributed by atoms with van der Waals surface area (Å²) in [5, 5.41) is 7.68. The van der Waals surface area contributed by atoms with Crippen molar-refractivity contribution in [1.82, 2.24) is 40.4 Å². The lowest BCUT2D eigenvalue weighted by molar-refractivity contribution is -0.145. The molecule has 2 saturated heterocycles. The van der Waals surface area contributed by atoms with Crippen molar-refractivity contribution in [3.8, 4) is 33.6 Å². The second-order valence-electron chi connectivity index (χ2n) is 19.1. The van der Waals surface area contributed by atoms with E-state index < -0.39 is 29.9 Å². The van der Waals surface area contributed by atoms with Gasteiger partial charge in [-0.25, -0.2) is 19.6 Å². The van der Waals surface area contributed by atoms with E-state index in [1.165, 1.54) is 21.3 Å². The van der Waals surface area contributed by atoms with E-state index >= 15 is 0 Å². The Labute approximate surface area is 373 Å². The molecule has 4 aliphatic rings. The number of aromatic nitrogens is 4. The molecule has 5 aromatic rings. The zero-order chi connectivity index (χ0) is 45.1. The number of amides is 4. The number of aromatic amines is 2. The first-order valence-corrected chi connectivity index (χ1v) is 22.3. The molecular weight excluding hydrogens is 813 g/mol. The molecule has 3 aromatic carbocycles. The monoisotopic (exact) mass is 870 g/mol. The Kier molecular flexibility index (Phi) is 11.2. The number of hydrogen-bond donors (Lipinski definition) is 4. The first kappa shape index (κ1) is 43.1. The minimum Gasteiger partial charge on any atom is -0.453 e. The predicted molar refractivity (Wildman–Crippen MR) is 241 cm³/mol. The molecule has 336 valence electrons. The quantitative estimate of drug-likeness (QED) is 0.0968. The van der Waals surface area contributed by atoms with Gasteiger partial charge in [0.25, 0.3) is 0 Å². The summed E-state index contributed by atoms with van der Waals surface area (Å²) in [6.45, 7) is 8.07. The van der Waals surface area contributed by atoms with Crippen LogP contribution in [0.3, 0.4) is 0 Å². The van der Waals surface area contributed by atoms with Crippen LogP contribution in [0.2, 0.25) is 0 Å². The Morgan fingerprint density at radius 3 is 2.02 bits per heavy atom. The lowest BCUT2D eigenvalue weighted by Crippen LogP contribution is -2.60. The molecule has 1 unspecified atom stereocenters. The number of hydrogen-bond acceptors (Lipinski definition) is 9. The fourth-order valence-corrected chi connectivity index (χ4v) is 10.3. The number of rotatable bonds is 12. The molecule has 4 N–H and O–H groups in total. The number of carbonyl (C=O) groups is 4. The molecule has 64 heavy (non-hydrogen) atoms. The topological polar surface area (TPSA) is 184 Å². The Bertz CT molecular complexity index is 2580. The van der Waals surface area contributed by atoms with Crippen LogP contribution in [0.4, 0.5) is 9.59 Å². The maximum atomic E-state index is 14.3. The van der Waals surface area contributed by atoms with Crippen LogP contribution in [0.25, 0.3) is 44.4 Å². The number of H-pyrrole nitrogens is 2. The van der Waals surface area contributed by atoms with Gasteiger partial charge in [-0.2, -0.15) is 0 Å². The average Bonchev–Trinajstić information content (AvgIpc) is 3.94. The van der Waals surface area contributed by atoms with Crippen molar-refractivity contribution in [1.29, 1.82) is 0 Å². The molecule has 2 aromatic heterocycles. The van der Waals surface area contributed by atoms with E-state index in [0.29, 0.717) is 6.54 Å². The van der Waals surface area contributed by atoms with Crippen molar-refractivity contribution < 1.29 is 33.4 Å². The molecule has 2 bridgehead atoms. The summed E-state index contributed by atoms with van der Waals surface area (Å²) in [7, 11) is 4.12. The van der Waals surface area contributed by atoms with Crippen molar-refractivity contribution in [2.24, 2.45) is 17.3 Å². The number of nitrogens with one attached hydrogen (secondary N) is 4. The van der Waals surface area contributed by atoms with Gasteiger partial charge in [0, 0.05) is 25.3 Å². The van der Waals surface area contributed by atoms with Crippen molar-refractivity contribution in [3.05, 3.63) is 84.7 Å². The minimum atomic E-state index is -0.971. The maximum absolute atomic E-state index is 14.3. The summed E-state index contributed by atoms with van der Waals surface area (Å²) in [4.78, 5) is 73.2. The summed E-state index contributed by atoms with van der Waals surface area (Å²) in [6, 6.07) is 19.2. The maximum Gasteiger partial charge on any atom is 0.407 e. The van der Waals surface area contributed by atoms with Gasteiger partial charge in [0.1, 0.15) is 23.7 Å². The van der Waals surface area contributed by atoms with Crippen LogP contribution in [-0.4, -0.2) is 105 Å². The van der Waals surface area contributed by atoms with Crippen molar-refractivity contribution in [2.45, 2.75) is 102 Å². The molecule has 6 atom stereocenters. The van der Waals surface area contributed by atoms with Crippen molar-refractivity contribution >= 4 is 34.8 Å². The highest BCUT2D eigenvalue weighted by molar-refractivity contribution is 5.91. The zero-order valence-electron chi connectivity index (χ0n) is 37.6. The standard InChI is InChI=1S/C49H58N8O7/c1-27(2)39(54-46(60)62-5)44(58)56-26-49(18-19-49)23-38(56)42-50-25-37(52-42)33-15-14-31-20-30(12-13-32(31)21-33)28-8-10-29(11-9-28)36-24-51-43(53-36)40-34-16-17-35(22-34)57(40)45(59)41(48(3,4)64-7)55-47(61)63-6/h8-15,20-21,24-25,27,34-35,38-41H,16-19,22-23,26H2,1-7H3,(H,50,52)(H,51,53)(H,54,60)(H,55,61)/t34-,35+,38-,39?,40-,41+/m0/s1. The van der Waals surface area contributed by atoms with Crippen LogP contribution >= 0.6 is 0 Å². The van der Waals surface area contributed by atoms with Gasteiger partial charge in [0.05, 0.1) is 55.7 Å². The van der Waals surface area contributed by atoms with Crippen LogP contribution in [-0.2, 0) is 23.8 Å². The molecule has 15 heteroatoms. The zero-order valence-corrected chi connectivity index (χ0v) is 37.6. The first-order valence-electron chi connectivity index (χ1n) is 22.3. The lowest BCUT2D eigenvalue weighted by atomic mass is 9.93. The van der Waals surface area contributed by atoms with E-state index in [4.69, 9.17) is 24.2 Å². The molecule has 2 saturated carbocycles.